The van der Waals surface area contributed by atoms with Gasteiger partial charge in [0.1, 0.15) is 6.26 Å². The third-order valence-corrected chi connectivity index (χ3v) is 3.77. The lowest BCUT2D eigenvalue weighted by atomic mass is 10.5. The maximum atomic E-state index is 12.0. The van der Waals surface area contributed by atoms with Gasteiger partial charge in [-0.15, -0.1) is 0 Å². The summed E-state index contributed by atoms with van der Waals surface area (Å²) in [6.45, 7) is 1.61. The molecule has 92 valence electrons. The maximum Gasteiger partial charge on any atom is 0.268 e. The summed E-state index contributed by atoms with van der Waals surface area (Å²) >= 11 is 0. The number of nitrogens with two attached hydrogens (primary N) is 1. The Morgan fingerprint density at radius 2 is 2.24 bits per heavy atom. The molecule has 3 N–H and O–H groups in total. The molecule has 0 fully saturated rings. The van der Waals surface area contributed by atoms with Gasteiger partial charge in [0.15, 0.2) is 16.5 Å². The first-order valence-electron chi connectivity index (χ1n) is 4.64. The van der Waals surface area contributed by atoms with Crippen molar-refractivity contribution in [3.63, 3.8) is 0 Å². The number of hydrogen-bond donors (Lipinski definition) is 2. The molecule has 0 aliphatic rings. The van der Waals surface area contributed by atoms with Gasteiger partial charge in [-0.1, -0.05) is 5.16 Å². The highest BCUT2D eigenvalue weighted by atomic mass is 32.2. The first kappa shape index (κ1) is 11.5. The number of nitrogens with zero attached hydrogens (tertiary/aromatic N) is 3. The van der Waals surface area contributed by atoms with Crippen molar-refractivity contribution >= 4 is 21.7 Å². The van der Waals surface area contributed by atoms with Crippen LogP contribution in [-0.4, -0.2) is 23.4 Å². The molecule has 2 aromatic rings. The van der Waals surface area contributed by atoms with Crippen LogP contribution in [0.15, 0.2) is 21.7 Å². The quantitative estimate of drug-likeness (QED) is 0.805. The Bertz CT molecular complexity index is 628. The minimum Gasteiger partial charge on any atom is -0.381 e. The molecule has 8 nitrogen and oxygen atoms in total. The number of aromatic nitrogens is 3. The summed E-state index contributed by atoms with van der Waals surface area (Å²) < 4.78 is 32.2. The van der Waals surface area contributed by atoms with Gasteiger partial charge < -0.3 is 10.3 Å². The number of sulfonamides is 1. The van der Waals surface area contributed by atoms with E-state index in [1.54, 1.807) is 14.0 Å². The Morgan fingerprint density at radius 1 is 1.53 bits per heavy atom. The normalized spacial score (nSPS) is 11.6. The van der Waals surface area contributed by atoms with Gasteiger partial charge >= 0.3 is 0 Å². The smallest absolute Gasteiger partial charge is 0.268 e. The predicted molar refractivity (Wildman–Crippen MR) is 59.7 cm³/mol. The van der Waals surface area contributed by atoms with E-state index < -0.39 is 10.0 Å². The van der Waals surface area contributed by atoms with Crippen molar-refractivity contribution in [3.05, 3.63) is 18.0 Å². The third-order valence-electron chi connectivity index (χ3n) is 2.25. The highest BCUT2D eigenvalue weighted by Crippen LogP contribution is 2.23. The topological polar surface area (TPSA) is 116 Å². The second-order valence-corrected chi connectivity index (χ2v) is 5.03. The van der Waals surface area contributed by atoms with Crippen molar-refractivity contribution in [2.45, 2.75) is 11.8 Å². The first-order valence-corrected chi connectivity index (χ1v) is 6.12. The molecule has 0 radical (unpaired) electrons. The van der Waals surface area contributed by atoms with Crippen molar-refractivity contribution < 1.29 is 12.9 Å². The van der Waals surface area contributed by atoms with Gasteiger partial charge in [0.25, 0.3) is 10.0 Å². The van der Waals surface area contributed by atoms with Crippen molar-refractivity contribution in [2.24, 2.45) is 7.05 Å². The fraction of sp³-hybridized carbons (Fsp3) is 0.250. The van der Waals surface area contributed by atoms with Crippen LogP contribution in [0, 0.1) is 6.92 Å². The molecule has 2 aromatic heterocycles. The lowest BCUT2D eigenvalue weighted by Crippen LogP contribution is -2.15. The standard InChI is InChI=1S/C8H11N5O3S/c1-5-7(8(9)10-13(5)2)17(14,15)12-6-3-4-16-11-6/h3-4H,1-2H3,(H2,9,10)(H,11,12). The van der Waals surface area contributed by atoms with Gasteiger partial charge in [-0.25, -0.2) is 8.42 Å². The van der Waals surface area contributed by atoms with Crippen molar-refractivity contribution in [3.8, 4) is 0 Å². The predicted octanol–water partition coefficient (Wildman–Crippen LogP) is 0.0995. The Hall–Kier alpha value is -2.03. The Morgan fingerprint density at radius 3 is 2.71 bits per heavy atom. The highest BCUT2D eigenvalue weighted by Gasteiger charge is 2.25. The van der Waals surface area contributed by atoms with Crippen LogP contribution >= 0.6 is 0 Å². The zero-order valence-corrected chi connectivity index (χ0v) is 10.0. The average molecular weight is 257 g/mol. The zero-order chi connectivity index (χ0) is 12.6. The minimum atomic E-state index is -3.80. The van der Waals surface area contributed by atoms with Crippen LogP contribution in [0.5, 0.6) is 0 Å². The lowest BCUT2D eigenvalue weighted by Gasteiger charge is -2.04. The Balaban J connectivity index is 2.45. The molecule has 2 heterocycles. The number of hydrogen-bond acceptors (Lipinski definition) is 6. The number of rotatable bonds is 3. The van der Waals surface area contributed by atoms with E-state index in [-0.39, 0.29) is 16.5 Å². The van der Waals surface area contributed by atoms with E-state index >= 15 is 0 Å². The van der Waals surface area contributed by atoms with Gasteiger partial charge in [0.05, 0.1) is 5.69 Å². The molecule has 0 aliphatic heterocycles. The Kier molecular flexibility index (Phi) is 2.54. The molecule has 0 saturated carbocycles. The molecule has 0 amide bonds. The number of nitrogens with one attached hydrogen (secondary N) is 1. The summed E-state index contributed by atoms with van der Waals surface area (Å²) in [5.41, 5.74) is 6.01. The SMILES string of the molecule is Cc1c(S(=O)(=O)Nc2ccon2)c(N)nn1C. The van der Waals surface area contributed by atoms with E-state index in [9.17, 15) is 8.42 Å². The third kappa shape index (κ3) is 1.96. The molecular weight excluding hydrogens is 246 g/mol. The summed E-state index contributed by atoms with van der Waals surface area (Å²) in [5, 5.41) is 7.30. The fourth-order valence-corrected chi connectivity index (χ4v) is 2.72. The van der Waals surface area contributed by atoms with E-state index in [1.165, 1.54) is 17.0 Å². The molecule has 9 heteroatoms. The summed E-state index contributed by atoms with van der Waals surface area (Å²) in [5.74, 6) is 0.0358. The zero-order valence-electron chi connectivity index (χ0n) is 9.21. The Labute approximate surface area is 97.4 Å². The van der Waals surface area contributed by atoms with E-state index in [2.05, 4.69) is 19.5 Å². The van der Waals surface area contributed by atoms with Crippen LogP contribution in [0.1, 0.15) is 5.69 Å². The number of aryl methyl sites for hydroxylation is 1. The summed E-state index contributed by atoms with van der Waals surface area (Å²) in [6, 6.07) is 1.39. The minimum absolute atomic E-state index is 0.0528. The monoisotopic (exact) mass is 257 g/mol. The molecule has 0 bridgehead atoms. The molecule has 0 spiro atoms. The van der Waals surface area contributed by atoms with Gasteiger partial charge in [-0.05, 0) is 6.92 Å². The maximum absolute atomic E-state index is 12.0. The molecule has 0 saturated heterocycles. The molecule has 0 aliphatic carbocycles. The second kappa shape index (κ2) is 3.77. The molecule has 2 rings (SSSR count). The largest absolute Gasteiger partial charge is 0.381 e. The van der Waals surface area contributed by atoms with Crippen LogP contribution in [0.3, 0.4) is 0 Å². The van der Waals surface area contributed by atoms with Crippen LogP contribution in [0.2, 0.25) is 0 Å². The van der Waals surface area contributed by atoms with Crippen LogP contribution in [-0.2, 0) is 17.1 Å². The van der Waals surface area contributed by atoms with Crippen LogP contribution in [0.25, 0.3) is 0 Å². The van der Waals surface area contributed by atoms with E-state index in [4.69, 9.17) is 5.73 Å². The summed E-state index contributed by atoms with van der Waals surface area (Å²) in [6.07, 6.45) is 1.26. The molecule has 0 atom stereocenters. The fourth-order valence-electron chi connectivity index (χ4n) is 1.40. The van der Waals surface area contributed by atoms with Crippen LogP contribution < -0.4 is 10.5 Å². The van der Waals surface area contributed by atoms with E-state index in [1.807, 2.05) is 0 Å². The van der Waals surface area contributed by atoms with Crippen molar-refractivity contribution in [1.82, 2.24) is 14.9 Å². The highest BCUT2D eigenvalue weighted by molar-refractivity contribution is 7.93. The molecule has 17 heavy (non-hydrogen) atoms. The summed E-state index contributed by atoms with van der Waals surface area (Å²) in [4.78, 5) is -0.0528. The van der Waals surface area contributed by atoms with Gasteiger partial charge in [-0.2, -0.15) is 5.10 Å². The lowest BCUT2D eigenvalue weighted by molar-refractivity contribution is 0.423. The average Bonchev–Trinajstić information content (AvgIpc) is 2.76. The van der Waals surface area contributed by atoms with Crippen molar-refractivity contribution in [1.29, 1.82) is 0 Å². The molecular formula is C8H11N5O3S. The number of nitrogen functional groups attached to an aromatic ring is 1. The van der Waals surface area contributed by atoms with Crippen molar-refractivity contribution in [2.75, 3.05) is 10.5 Å². The van der Waals surface area contributed by atoms with E-state index in [0.717, 1.165) is 0 Å². The summed E-state index contributed by atoms with van der Waals surface area (Å²) in [7, 11) is -2.19. The second-order valence-electron chi connectivity index (χ2n) is 3.41. The van der Waals surface area contributed by atoms with Gasteiger partial charge in [0.2, 0.25) is 0 Å². The number of anilines is 2. The van der Waals surface area contributed by atoms with Gasteiger partial charge in [0, 0.05) is 13.1 Å². The van der Waals surface area contributed by atoms with Gasteiger partial charge in [-0.3, -0.25) is 9.40 Å². The van der Waals surface area contributed by atoms with E-state index in [0.29, 0.717) is 5.69 Å². The van der Waals surface area contributed by atoms with Crippen LogP contribution in [0.4, 0.5) is 11.6 Å². The molecule has 0 unspecified atom stereocenters. The molecule has 0 aromatic carbocycles. The first-order chi connectivity index (χ1) is 7.92.